The lowest BCUT2D eigenvalue weighted by Gasteiger charge is -2.31. The smallest absolute Gasteiger partial charge is 0.240 e. The highest BCUT2D eigenvalue weighted by molar-refractivity contribution is 7.89. The van der Waals surface area contributed by atoms with Gasteiger partial charge in [0.05, 0.1) is 4.90 Å². The van der Waals surface area contributed by atoms with Crippen molar-refractivity contribution < 1.29 is 8.42 Å². The predicted octanol–water partition coefficient (Wildman–Crippen LogP) is 1.73. The van der Waals surface area contributed by atoms with Crippen LogP contribution in [0.5, 0.6) is 0 Å². The first kappa shape index (κ1) is 16.3. The van der Waals surface area contributed by atoms with Gasteiger partial charge >= 0.3 is 0 Å². The number of nitrogens with one attached hydrogen (secondary N) is 1. The molecule has 1 fully saturated rings. The zero-order valence-corrected chi connectivity index (χ0v) is 13.6. The lowest BCUT2D eigenvalue weighted by atomic mass is 10.1. The van der Waals surface area contributed by atoms with Crippen LogP contribution in [0.2, 0.25) is 0 Å². The second-order valence-corrected chi connectivity index (χ2v) is 7.47. The molecule has 0 amide bonds. The van der Waals surface area contributed by atoms with Crippen LogP contribution in [0.15, 0.2) is 23.1 Å². The molecule has 1 heterocycles. The second kappa shape index (κ2) is 6.77. The number of piperidine rings is 1. The third-order valence-electron chi connectivity index (χ3n) is 4.00. The van der Waals surface area contributed by atoms with Crippen molar-refractivity contribution in [2.45, 2.75) is 44.0 Å². The van der Waals surface area contributed by atoms with E-state index in [-0.39, 0.29) is 6.04 Å². The van der Waals surface area contributed by atoms with Crippen molar-refractivity contribution in [1.82, 2.24) is 9.62 Å². The van der Waals surface area contributed by atoms with Gasteiger partial charge in [-0.15, -0.1) is 0 Å². The van der Waals surface area contributed by atoms with Gasteiger partial charge < -0.3 is 10.6 Å². The fourth-order valence-corrected chi connectivity index (χ4v) is 4.08. The highest BCUT2D eigenvalue weighted by atomic mass is 32.2. The van der Waals surface area contributed by atoms with Gasteiger partial charge in [0.15, 0.2) is 0 Å². The van der Waals surface area contributed by atoms with E-state index in [0.717, 1.165) is 44.5 Å². The van der Waals surface area contributed by atoms with Gasteiger partial charge in [-0.3, -0.25) is 0 Å². The van der Waals surface area contributed by atoms with E-state index >= 15 is 0 Å². The summed E-state index contributed by atoms with van der Waals surface area (Å²) in [5.41, 5.74) is 7.14. The van der Waals surface area contributed by atoms with E-state index in [2.05, 4.69) is 16.5 Å². The van der Waals surface area contributed by atoms with Crippen LogP contribution in [0, 0.1) is 6.92 Å². The summed E-state index contributed by atoms with van der Waals surface area (Å²) >= 11 is 0. The average Bonchev–Trinajstić information content (AvgIpc) is 2.44. The number of hydrogen-bond acceptors (Lipinski definition) is 4. The fourth-order valence-electron chi connectivity index (χ4n) is 2.69. The monoisotopic (exact) mass is 311 g/mol. The molecule has 1 aliphatic heterocycles. The van der Waals surface area contributed by atoms with Gasteiger partial charge in [-0.1, -0.05) is 6.92 Å². The van der Waals surface area contributed by atoms with Gasteiger partial charge in [0.2, 0.25) is 10.0 Å². The molecule has 0 saturated carbocycles. The zero-order valence-electron chi connectivity index (χ0n) is 12.8. The summed E-state index contributed by atoms with van der Waals surface area (Å²) in [7, 11) is -3.45. The fraction of sp³-hybridized carbons (Fsp3) is 0.600. The number of likely N-dealkylation sites (tertiary alicyclic amines) is 1. The average molecular weight is 311 g/mol. The molecule has 0 aliphatic carbocycles. The molecule has 1 saturated heterocycles. The number of hydrogen-bond donors (Lipinski definition) is 2. The summed E-state index contributed by atoms with van der Waals surface area (Å²) in [6, 6.07) is 4.87. The number of nitrogen functional groups attached to an aromatic ring is 1. The van der Waals surface area contributed by atoms with Crippen molar-refractivity contribution in [3.63, 3.8) is 0 Å². The number of anilines is 1. The van der Waals surface area contributed by atoms with Crippen molar-refractivity contribution in [3.8, 4) is 0 Å². The maximum Gasteiger partial charge on any atom is 0.240 e. The SMILES string of the molecule is CCCN1CCC(NS(=O)(=O)c2ccc(N)c(C)c2)CC1. The molecule has 21 heavy (non-hydrogen) atoms. The topological polar surface area (TPSA) is 75.4 Å². The van der Waals surface area contributed by atoms with Gasteiger partial charge in [-0.2, -0.15) is 0 Å². The molecule has 0 radical (unpaired) electrons. The lowest BCUT2D eigenvalue weighted by molar-refractivity contribution is 0.208. The highest BCUT2D eigenvalue weighted by Gasteiger charge is 2.24. The van der Waals surface area contributed by atoms with Crippen LogP contribution < -0.4 is 10.5 Å². The van der Waals surface area contributed by atoms with Crippen LogP contribution in [-0.2, 0) is 10.0 Å². The molecule has 2 rings (SSSR count). The minimum Gasteiger partial charge on any atom is -0.399 e. The van der Waals surface area contributed by atoms with Gasteiger partial charge in [0.25, 0.3) is 0 Å². The maximum absolute atomic E-state index is 12.4. The van der Waals surface area contributed by atoms with E-state index in [1.165, 1.54) is 0 Å². The Morgan fingerprint density at radius 3 is 2.57 bits per heavy atom. The first-order valence-corrected chi connectivity index (χ1v) is 9.01. The molecule has 6 heteroatoms. The Morgan fingerprint density at radius 1 is 1.33 bits per heavy atom. The summed E-state index contributed by atoms with van der Waals surface area (Å²) in [4.78, 5) is 2.68. The van der Waals surface area contributed by atoms with Crippen molar-refractivity contribution in [1.29, 1.82) is 0 Å². The van der Waals surface area contributed by atoms with E-state index < -0.39 is 10.0 Å². The molecular weight excluding hydrogens is 286 g/mol. The Labute approximate surface area is 127 Å². The summed E-state index contributed by atoms with van der Waals surface area (Å²) in [6.07, 6.45) is 2.88. The molecule has 1 aliphatic rings. The molecule has 0 bridgehead atoms. The molecule has 0 aromatic heterocycles. The first-order valence-electron chi connectivity index (χ1n) is 7.53. The lowest BCUT2D eigenvalue weighted by Crippen LogP contribution is -2.44. The Kier molecular flexibility index (Phi) is 5.24. The minimum atomic E-state index is -3.45. The molecule has 5 nitrogen and oxygen atoms in total. The largest absolute Gasteiger partial charge is 0.399 e. The third kappa shape index (κ3) is 4.18. The molecule has 0 spiro atoms. The van der Waals surface area contributed by atoms with Crippen molar-refractivity contribution >= 4 is 15.7 Å². The molecule has 3 N–H and O–H groups in total. The normalized spacial score (nSPS) is 18.0. The number of nitrogens with zero attached hydrogens (tertiary/aromatic N) is 1. The maximum atomic E-state index is 12.4. The summed E-state index contributed by atoms with van der Waals surface area (Å²) in [5.74, 6) is 0. The van der Waals surface area contributed by atoms with Gasteiger partial charge in [-0.25, -0.2) is 13.1 Å². The number of aryl methyl sites for hydroxylation is 1. The van der Waals surface area contributed by atoms with E-state index in [0.29, 0.717) is 10.6 Å². The zero-order chi connectivity index (χ0) is 15.5. The Bertz CT molecular complexity index is 579. The van der Waals surface area contributed by atoms with Gasteiger partial charge in [-0.05, 0) is 69.6 Å². The van der Waals surface area contributed by atoms with Crippen LogP contribution >= 0.6 is 0 Å². The number of nitrogens with two attached hydrogens (primary N) is 1. The van der Waals surface area contributed by atoms with Crippen LogP contribution in [0.3, 0.4) is 0 Å². The van der Waals surface area contributed by atoms with Crippen LogP contribution in [0.25, 0.3) is 0 Å². The molecule has 1 aromatic carbocycles. The predicted molar refractivity (Wildman–Crippen MR) is 85.7 cm³/mol. The van der Waals surface area contributed by atoms with Crippen molar-refractivity contribution in [3.05, 3.63) is 23.8 Å². The second-order valence-electron chi connectivity index (χ2n) is 5.76. The Morgan fingerprint density at radius 2 is 2.00 bits per heavy atom. The number of benzene rings is 1. The first-order chi connectivity index (χ1) is 9.92. The minimum absolute atomic E-state index is 0.0287. The van der Waals surface area contributed by atoms with Crippen LogP contribution in [0.4, 0.5) is 5.69 Å². The Balaban J connectivity index is 2.00. The molecule has 0 atom stereocenters. The van der Waals surface area contributed by atoms with Gasteiger partial charge in [0, 0.05) is 11.7 Å². The molecule has 118 valence electrons. The third-order valence-corrected chi connectivity index (χ3v) is 5.52. The van der Waals surface area contributed by atoms with Crippen LogP contribution in [-0.4, -0.2) is 39.0 Å². The number of rotatable bonds is 5. The van der Waals surface area contributed by atoms with Crippen LogP contribution in [0.1, 0.15) is 31.7 Å². The summed E-state index contributed by atoms with van der Waals surface area (Å²) in [5, 5.41) is 0. The highest BCUT2D eigenvalue weighted by Crippen LogP contribution is 2.19. The molecule has 1 aromatic rings. The van der Waals surface area contributed by atoms with Crippen molar-refractivity contribution in [2.75, 3.05) is 25.4 Å². The summed E-state index contributed by atoms with van der Waals surface area (Å²) in [6.45, 7) is 7.00. The van der Waals surface area contributed by atoms with E-state index in [1.54, 1.807) is 18.2 Å². The standard InChI is InChI=1S/C15H25N3O2S/c1-3-8-18-9-6-13(7-10-18)17-21(19,20)14-4-5-15(16)12(2)11-14/h4-5,11,13,17H,3,6-10,16H2,1-2H3. The summed E-state index contributed by atoms with van der Waals surface area (Å²) < 4.78 is 27.6. The quantitative estimate of drug-likeness (QED) is 0.812. The molecular formula is C15H25N3O2S. The Hall–Kier alpha value is -1.11. The van der Waals surface area contributed by atoms with E-state index in [9.17, 15) is 8.42 Å². The molecule has 0 unspecified atom stereocenters. The number of sulfonamides is 1. The van der Waals surface area contributed by atoms with Crippen molar-refractivity contribution in [2.24, 2.45) is 0 Å². The van der Waals surface area contributed by atoms with E-state index in [1.807, 2.05) is 6.92 Å². The van der Waals surface area contributed by atoms with E-state index in [4.69, 9.17) is 5.73 Å². The van der Waals surface area contributed by atoms with Gasteiger partial charge in [0.1, 0.15) is 0 Å².